The van der Waals surface area contributed by atoms with Crippen molar-refractivity contribution in [1.82, 2.24) is 4.90 Å². The van der Waals surface area contributed by atoms with Gasteiger partial charge in [0.1, 0.15) is 0 Å². The molecule has 0 unspecified atom stereocenters. The molecule has 0 amide bonds. The van der Waals surface area contributed by atoms with E-state index in [4.69, 9.17) is 5.73 Å². The zero-order valence-electron chi connectivity index (χ0n) is 11.2. The Balaban J connectivity index is 4.31. The summed E-state index contributed by atoms with van der Waals surface area (Å²) in [6, 6.07) is 0. The van der Waals surface area contributed by atoms with Crippen LogP contribution in [-0.2, 0) is 0 Å². The first-order valence-electron chi connectivity index (χ1n) is 6.65. The second-order valence-electron chi connectivity index (χ2n) is 4.42. The molecule has 0 bridgehead atoms. The average Bonchev–Trinajstić information content (AvgIpc) is 2.29. The van der Waals surface area contributed by atoms with Gasteiger partial charge < -0.3 is 5.73 Å². The van der Waals surface area contributed by atoms with Crippen LogP contribution in [0.3, 0.4) is 0 Å². The van der Waals surface area contributed by atoms with Crippen LogP contribution < -0.4 is 5.73 Å². The monoisotopic (exact) mass is 214 g/mol. The molecular formula is C13H30N2. The van der Waals surface area contributed by atoms with Crippen molar-refractivity contribution in [3.8, 4) is 0 Å². The van der Waals surface area contributed by atoms with Crippen molar-refractivity contribution < 1.29 is 0 Å². The summed E-state index contributed by atoms with van der Waals surface area (Å²) in [5, 5.41) is 0. The molecule has 92 valence electrons. The van der Waals surface area contributed by atoms with E-state index in [-0.39, 0.29) is 5.54 Å². The van der Waals surface area contributed by atoms with Crippen LogP contribution in [0.1, 0.15) is 59.8 Å². The van der Waals surface area contributed by atoms with Gasteiger partial charge in [-0.1, -0.05) is 40.5 Å². The summed E-state index contributed by atoms with van der Waals surface area (Å²) < 4.78 is 0. The van der Waals surface area contributed by atoms with E-state index in [1.807, 2.05) is 0 Å². The Morgan fingerprint density at radius 1 is 1.00 bits per heavy atom. The number of nitrogens with zero attached hydrogens (tertiary/aromatic N) is 1. The highest BCUT2D eigenvalue weighted by atomic mass is 15.2. The summed E-state index contributed by atoms with van der Waals surface area (Å²) in [6.07, 6.45) is 6.28. The fourth-order valence-corrected chi connectivity index (χ4v) is 2.40. The molecule has 0 aliphatic heterocycles. The van der Waals surface area contributed by atoms with E-state index in [9.17, 15) is 0 Å². The molecule has 0 aromatic rings. The van der Waals surface area contributed by atoms with Crippen molar-refractivity contribution in [1.29, 1.82) is 0 Å². The lowest BCUT2D eigenvalue weighted by atomic mass is 9.90. The summed E-state index contributed by atoms with van der Waals surface area (Å²) in [5.41, 5.74) is 6.22. The van der Waals surface area contributed by atoms with E-state index in [0.29, 0.717) is 0 Å². The minimum Gasteiger partial charge on any atom is -0.329 e. The van der Waals surface area contributed by atoms with Crippen molar-refractivity contribution in [3.05, 3.63) is 0 Å². The first kappa shape index (κ1) is 14.9. The van der Waals surface area contributed by atoms with Crippen LogP contribution >= 0.6 is 0 Å². The quantitative estimate of drug-likeness (QED) is 0.598. The molecule has 0 heterocycles. The zero-order valence-corrected chi connectivity index (χ0v) is 11.2. The van der Waals surface area contributed by atoms with Gasteiger partial charge in [-0.15, -0.1) is 0 Å². The van der Waals surface area contributed by atoms with Crippen molar-refractivity contribution in [3.63, 3.8) is 0 Å². The minimum atomic E-state index is 0.252. The van der Waals surface area contributed by atoms with Gasteiger partial charge in [-0.25, -0.2) is 0 Å². The zero-order chi connectivity index (χ0) is 11.7. The Hall–Kier alpha value is -0.0800. The van der Waals surface area contributed by atoms with E-state index in [2.05, 4.69) is 32.6 Å². The Kier molecular flexibility index (Phi) is 8.07. The van der Waals surface area contributed by atoms with Gasteiger partial charge in [0.05, 0.1) is 0 Å². The lowest BCUT2D eigenvalue weighted by Gasteiger charge is -2.42. The van der Waals surface area contributed by atoms with Crippen LogP contribution in [0.15, 0.2) is 0 Å². The standard InChI is InChI=1S/C13H30N2/c1-5-9-10-11-15(8-4)13(6-2,7-3)12-14/h5-12,14H2,1-4H3. The third-order valence-corrected chi connectivity index (χ3v) is 3.78. The number of nitrogens with two attached hydrogens (primary N) is 1. The lowest BCUT2D eigenvalue weighted by Crippen LogP contribution is -2.53. The molecule has 0 aliphatic carbocycles. The first-order valence-corrected chi connectivity index (χ1v) is 6.65. The van der Waals surface area contributed by atoms with Crippen LogP contribution in [0.25, 0.3) is 0 Å². The Bertz CT molecular complexity index is 133. The molecule has 2 heteroatoms. The van der Waals surface area contributed by atoms with E-state index in [0.717, 1.165) is 13.1 Å². The molecule has 15 heavy (non-hydrogen) atoms. The van der Waals surface area contributed by atoms with E-state index in [1.165, 1.54) is 38.6 Å². The molecule has 0 rings (SSSR count). The highest BCUT2D eigenvalue weighted by molar-refractivity contribution is 4.88. The fraction of sp³-hybridized carbons (Fsp3) is 1.00. The van der Waals surface area contributed by atoms with Gasteiger partial charge in [0.15, 0.2) is 0 Å². The van der Waals surface area contributed by atoms with Crippen molar-refractivity contribution in [2.45, 2.75) is 65.3 Å². The SMILES string of the molecule is CCCCCN(CC)C(CC)(CC)CN. The molecule has 2 nitrogen and oxygen atoms in total. The molecule has 2 N–H and O–H groups in total. The highest BCUT2D eigenvalue weighted by Crippen LogP contribution is 2.23. The Morgan fingerprint density at radius 3 is 1.93 bits per heavy atom. The van der Waals surface area contributed by atoms with Crippen LogP contribution in [0.5, 0.6) is 0 Å². The van der Waals surface area contributed by atoms with Crippen molar-refractivity contribution in [2.75, 3.05) is 19.6 Å². The molecule has 0 radical (unpaired) electrons. The van der Waals surface area contributed by atoms with Gasteiger partial charge in [0.2, 0.25) is 0 Å². The van der Waals surface area contributed by atoms with Gasteiger partial charge in [-0.2, -0.15) is 0 Å². The third kappa shape index (κ3) is 4.12. The number of rotatable bonds is 9. The van der Waals surface area contributed by atoms with Gasteiger partial charge >= 0.3 is 0 Å². The van der Waals surface area contributed by atoms with E-state index >= 15 is 0 Å². The number of hydrogen-bond acceptors (Lipinski definition) is 2. The molecule has 0 aromatic heterocycles. The van der Waals surface area contributed by atoms with Gasteiger partial charge in [-0.05, 0) is 32.4 Å². The molecule has 0 spiro atoms. The second-order valence-corrected chi connectivity index (χ2v) is 4.42. The molecular weight excluding hydrogens is 184 g/mol. The van der Waals surface area contributed by atoms with E-state index < -0.39 is 0 Å². The lowest BCUT2D eigenvalue weighted by molar-refractivity contribution is 0.0887. The smallest absolute Gasteiger partial charge is 0.0326 e. The predicted octanol–water partition coefficient (Wildman–Crippen LogP) is 3.02. The summed E-state index contributed by atoms with van der Waals surface area (Å²) in [6.45, 7) is 12.2. The summed E-state index contributed by atoms with van der Waals surface area (Å²) in [4.78, 5) is 2.59. The molecule has 0 atom stereocenters. The number of unbranched alkanes of at least 4 members (excludes halogenated alkanes) is 2. The van der Waals surface area contributed by atoms with Crippen LogP contribution in [0.2, 0.25) is 0 Å². The second kappa shape index (κ2) is 8.12. The Morgan fingerprint density at radius 2 is 1.60 bits per heavy atom. The molecule has 0 aromatic carbocycles. The van der Waals surface area contributed by atoms with Gasteiger partial charge in [-0.3, -0.25) is 4.90 Å². The summed E-state index contributed by atoms with van der Waals surface area (Å²) >= 11 is 0. The van der Waals surface area contributed by atoms with Crippen molar-refractivity contribution in [2.24, 2.45) is 5.73 Å². The maximum Gasteiger partial charge on any atom is 0.0326 e. The maximum absolute atomic E-state index is 5.97. The summed E-state index contributed by atoms with van der Waals surface area (Å²) in [7, 11) is 0. The Labute approximate surface area is 96.2 Å². The molecule has 0 saturated carbocycles. The van der Waals surface area contributed by atoms with Gasteiger partial charge in [0, 0.05) is 12.1 Å². The molecule has 0 saturated heterocycles. The molecule has 0 aliphatic rings. The third-order valence-electron chi connectivity index (χ3n) is 3.78. The van der Waals surface area contributed by atoms with Crippen molar-refractivity contribution >= 4 is 0 Å². The highest BCUT2D eigenvalue weighted by Gasteiger charge is 2.30. The number of hydrogen-bond donors (Lipinski definition) is 1. The predicted molar refractivity (Wildman–Crippen MR) is 69.1 cm³/mol. The van der Waals surface area contributed by atoms with Crippen LogP contribution in [-0.4, -0.2) is 30.1 Å². The largest absolute Gasteiger partial charge is 0.329 e. The van der Waals surface area contributed by atoms with Crippen LogP contribution in [0, 0.1) is 0 Å². The molecule has 0 fully saturated rings. The maximum atomic E-state index is 5.97. The van der Waals surface area contributed by atoms with E-state index in [1.54, 1.807) is 0 Å². The number of likely N-dealkylation sites (N-methyl/N-ethyl adjacent to an activating group) is 1. The summed E-state index contributed by atoms with van der Waals surface area (Å²) in [5.74, 6) is 0. The topological polar surface area (TPSA) is 29.3 Å². The first-order chi connectivity index (χ1) is 7.20. The minimum absolute atomic E-state index is 0.252. The average molecular weight is 214 g/mol. The normalized spacial score (nSPS) is 12.4. The van der Waals surface area contributed by atoms with Gasteiger partial charge in [0.25, 0.3) is 0 Å². The fourth-order valence-electron chi connectivity index (χ4n) is 2.40. The van der Waals surface area contributed by atoms with Crippen LogP contribution in [0.4, 0.5) is 0 Å².